The van der Waals surface area contributed by atoms with Gasteiger partial charge in [0.15, 0.2) is 0 Å². The maximum atomic E-state index is 10.2. The van der Waals surface area contributed by atoms with Crippen LogP contribution in [0.5, 0.6) is 5.75 Å². The Bertz CT molecular complexity index is 434. The number of hydrogen-bond acceptors (Lipinski definition) is 3. The first-order chi connectivity index (χ1) is 7.86. The number of nitrogens with zero attached hydrogens (tertiary/aromatic N) is 1. The SMILES string of the molecule is COc1ccc2c(c1CN=C=O)CCCC2. The van der Waals surface area contributed by atoms with Crippen LogP contribution in [0.15, 0.2) is 17.1 Å². The van der Waals surface area contributed by atoms with Gasteiger partial charge in [0.2, 0.25) is 6.08 Å². The Morgan fingerprint density at radius 3 is 2.94 bits per heavy atom. The molecule has 0 heterocycles. The van der Waals surface area contributed by atoms with Gasteiger partial charge in [0.1, 0.15) is 5.75 Å². The number of aryl methyl sites for hydroxylation is 1. The maximum absolute atomic E-state index is 10.2. The summed E-state index contributed by atoms with van der Waals surface area (Å²) < 4.78 is 5.32. The zero-order valence-corrected chi connectivity index (χ0v) is 9.45. The van der Waals surface area contributed by atoms with E-state index in [1.54, 1.807) is 13.2 Å². The lowest BCUT2D eigenvalue weighted by Gasteiger charge is -2.20. The summed E-state index contributed by atoms with van der Waals surface area (Å²) in [7, 11) is 1.65. The van der Waals surface area contributed by atoms with Gasteiger partial charge >= 0.3 is 0 Å². The lowest BCUT2D eigenvalue weighted by atomic mass is 9.88. The summed E-state index contributed by atoms with van der Waals surface area (Å²) in [5.41, 5.74) is 3.76. The number of fused-ring (bicyclic) bond motifs is 1. The molecule has 84 valence electrons. The zero-order chi connectivity index (χ0) is 11.4. The number of hydrogen-bond donors (Lipinski definition) is 0. The fraction of sp³-hybridized carbons (Fsp3) is 0.462. The summed E-state index contributed by atoms with van der Waals surface area (Å²) in [5.74, 6) is 0.833. The van der Waals surface area contributed by atoms with Crippen LogP contribution in [-0.4, -0.2) is 13.2 Å². The highest BCUT2D eigenvalue weighted by Crippen LogP contribution is 2.31. The molecule has 1 aromatic rings. The van der Waals surface area contributed by atoms with Crippen molar-refractivity contribution in [2.45, 2.75) is 32.2 Å². The standard InChI is InChI=1S/C13H15NO2/c1-16-13-7-6-10-4-2-3-5-11(10)12(13)8-14-9-15/h6-7H,2-5,8H2,1H3. The first-order valence-electron chi connectivity index (χ1n) is 5.58. The van der Waals surface area contributed by atoms with Crippen LogP contribution < -0.4 is 4.74 Å². The molecule has 16 heavy (non-hydrogen) atoms. The van der Waals surface area contributed by atoms with Crippen molar-refractivity contribution >= 4 is 6.08 Å². The van der Waals surface area contributed by atoms with E-state index in [1.165, 1.54) is 24.0 Å². The van der Waals surface area contributed by atoms with Gasteiger partial charge in [0.25, 0.3) is 0 Å². The Morgan fingerprint density at radius 1 is 1.38 bits per heavy atom. The first kappa shape index (κ1) is 10.9. The van der Waals surface area contributed by atoms with E-state index in [0.29, 0.717) is 6.54 Å². The molecule has 0 bridgehead atoms. The van der Waals surface area contributed by atoms with E-state index in [-0.39, 0.29) is 0 Å². The summed E-state index contributed by atoms with van der Waals surface area (Å²) in [4.78, 5) is 13.9. The third-order valence-electron chi connectivity index (χ3n) is 3.13. The Morgan fingerprint density at radius 2 is 2.19 bits per heavy atom. The van der Waals surface area contributed by atoms with Gasteiger partial charge in [-0.1, -0.05) is 6.07 Å². The van der Waals surface area contributed by atoms with Crippen LogP contribution in [0.4, 0.5) is 0 Å². The molecule has 1 aromatic carbocycles. The molecule has 2 rings (SSSR count). The third-order valence-corrected chi connectivity index (χ3v) is 3.13. The quantitative estimate of drug-likeness (QED) is 0.576. The van der Waals surface area contributed by atoms with Crippen LogP contribution in [-0.2, 0) is 24.2 Å². The molecule has 0 radical (unpaired) electrons. The smallest absolute Gasteiger partial charge is 0.235 e. The minimum Gasteiger partial charge on any atom is -0.496 e. The van der Waals surface area contributed by atoms with E-state index in [2.05, 4.69) is 11.1 Å². The molecule has 3 nitrogen and oxygen atoms in total. The zero-order valence-electron chi connectivity index (χ0n) is 9.45. The Hall–Kier alpha value is -1.60. The molecule has 0 aromatic heterocycles. The van der Waals surface area contributed by atoms with Gasteiger partial charge in [-0.15, -0.1) is 0 Å². The summed E-state index contributed by atoms with van der Waals surface area (Å²) in [6, 6.07) is 4.10. The topological polar surface area (TPSA) is 38.7 Å². The van der Waals surface area contributed by atoms with Crippen molar-refractivity contribution in [3.63, 3.8) is 0 Å². The largest absolute Gasteiger partial charge is 0.496 e. The number of aliphatic imine (C=N–C) groups is 1. The minimum atomic E-state index is 0.385. The van der Waals surface area contributed by atoms with Gasteiger partial charge in [-0.25, -0.2) is 9.79 Å². The molecule has 0 amide bonds. The summed E-state index contributed by atoms with van der Waals surface area (Å²) >= 11 is 0. The van der Waals surface area contributed by atoms with Crippen molar-refractivity contribution in [2.24, 2.45) is 4.99 Å². The van der Waals surface area contributed by atoms with E-state index in [1.807, 2.05) is 6.07 Å². The number of methoxy groups -OCH3 is 1. The van der Waals surface area contributed by atoms with Crippen LogP contribution in [0, 0.1) is 0 Å². The molecule has 0 saturated carbocycles. The number of isocyanates is 1. The highest BCUT2D eigenvalue weighted by molar-refractivity contribution is 5.47. The second-order valence-corrected chi connectivity index (χ2v) is 4.00. The Balaban J connectivity index is 2.46. The van der Waals surface area contributed by atoms with Crippen LogP contribution in [0.1, 0.15) is 29.5 Å². The predicted octanol–water partition coefficient (Wildman–Crippen LogP) is 2.41. The number of rotatable bonds is 3. The fourth-order valence-electron chi connectivity index (χ4n) is 2.36. The average molecular weight is 217 g/mol. The maximum Gasteiger partial charge on any atom is 0.235 e. The summed E-state index contributed by atoms with van der Waals surface area (Å²) in [5, 5.41) is 0. The second-order valence-electron chi connectivity index (χ2n) is 4.00. The average Bonchev–Trinajstić information content (AvgIpc) is 2.35. The summed E-state index contributed by atoms with van der Waals surface area (Å²) in [6.45, 7) is 0.385. The lowest BCUT2D eigenvalue weighted by Crippen LogP contribution is -2.07. The Kier molecular flexibility index (Phi) is 3.37. The molecule has 0 fully saturated rings. The van der Waals surface area contributed by atoms with E-state index in [9.17, 15) is 4.79 Å². The first-order valence-corrected chi connectivity index (χ1v) is 5.58. The molecular formula is C13H15NO2. The summed E-state index contributed by atoms with van der Waals surface area (Å²) in [6.07, 6.45) is 6.23. The Labute approximate surface area is 95.2 Å². The van der Waals surface area contributed by atoms with Crippen LogP contribution >= 0.6 is 0 Å². The lowest BCUT2D eigenvalue weighted by molar-refractivity contribution is 0.408. The van der Waals surface area contributed by atoms with E-state index >= 15 is 0 Å². The van der Waals surface area contributed by atoms with E-state index in [0.717, 1.165) is 24.2 Å². The van der Waals surface area contributed by atoms with Crippen molar-refractivity contribution in [3.05, 3.63) is 28.8 Å². The van der Waals surface area contributed by atoms with Gasteiger partial charge in [0.05, 0.1) is 13.7 Å². The second kappa shape index (κ2) is 4.95. The molecule has 3 heteroatoms. The molecule has 0 unspecified atom stereocenters. The molecule has 1 aliphatic carbocycles. The molecule has 1 aliphatic rings. The predicted molar refractivity (Wildman–Crippen MR) is 61.5 cm³/mol. The monoisotopic (exact) mass is 217 g/mol. The van der Waals surface area contributed by atoms with Crippen LogP contribution in [0.25, 0.3) is 0 Å². The van der Waals surface area contributed by atoms with Crippen molar-refractivity contribution in [1.82, 2.24) is 0 Å². The highest BCUT2D eigenvalue weighted by Gasteiger charge is 2.16. The normalized spacial score (nSPS) is 13.8. The van der Waals surface area contributed by atoms with Crippen molar-refractivity contribution in [1.29, 1.82) is 0 Å². The molecule has 0 spiro atoms. The van der Waals surface area contributed by atoms with Crippen molar-refractivity contribution in [3.8, 4) is 5.75 Å². The van der Waals surface area contributed by atoms with Gasteiger partial charge in [-0.05, 0) is 42.9 Å². The van der Waals surface area contributed by atoms with Crippen LogP contribution in [0.2, 0.25) is 0 Å². The van der Waals surface area contributed by atoms with Gasteiger partial charge in [-0.2, -0.15) is 0 Å². The highest BCUT2D eigenvalue weighted by atomic mass is 16.5. The van der Waals surface area contributed by atoms with E-state index < -0.39 is 0 Å². The molecule has 0 atom stereocenters. The fourth-order valence-corrected chi connectivity index (χ4v) is 2.36. The molecular weight excluding hydrogens is 202 g/mol. The van der Waals surface area contributed by atoms with Crippen molar-refractivity contribution < 1.29 is 9.53 Å². The van der Waals surface area contributed by atoms with Crippen molar-refractivity contribution in [2.75, 3.05) is 7.11 Å². The van der Waals surface area contributed by atoms with E-state index in [4.69, 9.17) is 4.74 Å². The molecule has 0 N–H and O–H groups in total. The van der Waals surface area contributed by atoms with Gasteiger partial charge in [0, 0.05) is 5.56 Å². The van der Waals surface area contributed by atoms with Gasteiger partial charge in [-0.3, -0.25) is 0 Å². The minimum absolute atomic E-state index is 0.385. The third kappa shape index (κ3) is 2.00. The van der Waals surface area contributed by atoms with Gasteiger partial charge < -0.3 is 4.74 Å². The number of ether oxygens (including phenoxy) is 1. The molecule has 0 aliphatic heterocycles. The van der Waals surface area contributed by atoms with Crippen LogP contribution in [0.3, 0.4) is 0 Å². The number of benzene rings is 1. The number of carbonyl (C=O) groups excluding carboxylic acids is 1. The molecule has 0 saturated heterocycles.